The second-order valence-corrected chi connectivity index (χ2v) is 9.21. The molecule has 2 fully saturated rings. The van der Waals surface area contributed by atoms with Crippen LogP contribution in [0.3, 0.4) is 0 Å². The lowest BCUT2D eigenvalue weighted by Crippen LogP contribution is -2.45. The molecule has 1 aliphatic heterocycles. The highest BCUT2D eigenvalue weighted by Gasteiger charge is 2.42. The molecule has 6 heteroatoms. The second-order valence-electron chi connectivity index (χ2n) is 9.21. The Morgan fingerprint density at radius 2 is 1.80 bits per heavy atom. The Balaban J connectivity index is 1.53. The van der Waals surface area contributed by atoms with Crippen molar-refractivity contribution in [3.63, 3.8) is 0 Å². The van der Waals surface area contributed by atoms with Gasteiger partial charge in [0.25, 0.3) is 5.91 Å². The third-order valence-electron chi connectivity index (χ3n) is 6.84. The standard InChI is InChI=1S/C24H34N2O4/c1-14-9-16(3)23(17(4)10-14)25-21(27)13-30-24(29)19-11-22(28)26(12-19)20-8-6-7-15(2)18(20)5/h9-10,15,18-20H,6-8,11-13H2,1-5H3,(H,25,27)/t15-,18-,19-,20-/m0/s1. The van der Waals surface area contributed by atoms with E-state index in [1.807, 2.05) is 37.8 Å². The van der Waals surface area contributed by atoms with Crippen molar-refractivity contribution in [2.24, 2.45) is 17.8 Å². The van der Waals surface area contributed by atoms with Crippen LogP contribution < -0.4 is 5.32 Å². The van der Waals surface area contributed by atoms with E-state index in [9.17, 15) is 14.4 Å². The lowest BCUT2D eigenvalue weighted by atomic mass is 9.77. The van der Waals surface area contributed by atoms with E-state index in [1.54, 1.807) is 0 Å². The Kier molecular flexibility index (Phi) is 6.84. The Hall–Kier alpha value is -2.37. The van der Waals surface area contributed by atoms with Crippen LogP contribution in [0.2, 0.25) is 0 Å². The number of hydrogen-bond acceptors (Lipinski definition) is 4. The Morgan fingerprint density at radius 1 is 1.13 bits per heavy atom. The first-order chi connectivity index (χ1) is 14.2. The van der Waals surface area contributed by atoms with Gasteiger partial charge in [0.05, 0.1) is 5.92 Å². The molecule has 1 aromatic carbocycles. The minimum Gasteiger partial charge on any atom is -0.455 e. The molecule has 1 aromatic rings. The number of anilines is 1. The fourth-order valence-corrected chi connectivity index (χ4v) is 5.01. The third-order valence-corrected chi connectivity index (χ3v) is 6.84. The molecular weight excluding hydrogens is 380 g/mol. The van der Waals surface area contributed by atoms with E-state index in [0.717, 1.165) is 35.2 Å². The molecule has 6 nitrogen and oxygen atoms in total. The Bertz CT molecular complexity index is 811. The molecule has 2 amide bonds. The van der Waals surface area contributed by atoms with E-state index >= 15 is 0 Å². The highest BCUT2D eigenvalue weighted by molar-refractivity contribution is 5.95. The molecule has 0 bridgehead atoms. The lowest BCUT2D eigenvalue weighted by molar-refractivity contribution is -0.151. The van der Waals surface area contributed by atoms with Crippen LogP contribution in [0, 0.1) is 38.5 Å². The summed E-state index contributed by atoms with van der Waals surface area (Å²) in [6.45, 7) is 10.4. The highest BCUT2D eigenvalue weighted by atomic mass is 16.5. The second kappa shape index (κ2) is 9.19. The normalized spacial score (nSPS) is 26.6. The summed E-state index contributed by atoms with van der Waals surface area (Å²) < 4.78 is 5.27. The monoisotopic (exact) mass is 414 g/mol. The number of ether oxygens (including phenoxy) is 1. The number of rotatable bonds is 5. The molecule has 30 heavy (non-hydrogen) atoms. The van der Waals surface area contributed by atoms with Gasteiger partial charge in [-0.3, -0.25) is 14.4 Å². The van der Waals surface area contributed by atoms with Gasteiger partial charge in [0.2, 0.25) is 5.91 Å². The number of nitrogens with zero attached hydrogens (tertiary/aromatic N) is 1. The van der Waals surface area contributed by atoms with E-state index in [0.29, 0.717) is 18.4 Å². The highest BCUT2D eigenvalue weighted by Crippen LogP contribution is 2.36. The van der Waals surface area contributed by atoms with Crippen LogP contribution in [0.1, 0.15) is 56.2 Å². The maximum atomic E-state index is 12.6. The van der Waals surface area contributed by atoms with Crippen molar-refractivity contribution in [1.29, 1.82) is 0 Å². The van der Waals surface area contributed by atoms with Crippen molar-refractivity contribution in [2.45, 2.75) is 66.3 Å². The number of nitrogens with one attached hydrogen (secondary N) is 1. The molecule has 4 atom stereocenters. The molecule has 2 aliphatic rings. The molecule has 1 heterocycles. The third kappa shape index (κ3) is 4.85. The van der Waals surface area contributed by atoms with E-state index in [1.165, 1.54) is 6.42 Å². The van der Waals surface area contributed by atoms with Gasteiger partial charge in [-0.1, -0.05) is 44.4 Å². The van der Waals surface area contributed by atoms with Crippen LogP contribution in [0.4, 0.5) is 5.69 Å². The van der Waals surface area contributed by atoms with Gasteiger partial charge in [-0.15, -0.1) is 0 Å². The number of amides is 2. The predicted molar refractivity (Wildman–Crippen MR) is 116 cm³/mol. The number of hydrogen-bond donors (Lipinski definition) is 1. The summed E-state index contributed by atoms with van der Waals surface area (Å²) in [7, 11) is 0. The summed E-state index contributed by atoms with van der Waals surface area (Å²) in [5, 5.41) is 2.84. The molecule has 0 aromatic heterocycles. The summed E-state index contributed by atoms with van der Waals surface area (Å²) in [6.07, 6.45) is 3.48. The number of benzene rings is 1. The maximum absolute atomic E-state index is 12.6. The van der Waals surface area contributed by atoms with Gasteiger partial charge in [0.1, 0.15) is 0 Å². The zero-order valence-electron chi connectivity index (χ0n) is 18.8. The molecular formula is C24H34N2O4. The summed E-state index contributed by atoms with van der Waals surface area (Å²) in [5.74, 6) is -0.274. The largest absolute Gasteiger partial charge is 0.455 e. The average molecular weight is 415 g/mol. The van der Waals surface area contributed by atoms with Crippen LogP contribution in [0.5, 0.6) is 0 Å². The average Bonchev–Trinajstić information content (AvgIpc) is 3.06. The number of carbonyl (C=O) groups excluding carboxylic acids is 3. The van der Waals surface area contributed by atoms with E-state index in [-0.39, 0.29) is 30.9 Å². The number of likely N-dealkylation sites (tertiary alicyclic amines) is 1. The molecule has 1 aliphatic carbocycles. The zero-order chi connectivity index (χ0) is 22.0. The summed E-state index contributed by atoms with van der Waals surface area (Å²) >= 11 is 0. The van der Waals surface area contributed by atoms with Gasteiger partial charge >= 0.3 is 5.97 Å². The number of aryl methyl sites for hydroxylation is 3. The minimum atomic E-state index is -0.488. The van der Waals surface area contributed by atoms with Gasteiger partial charge < -0.3 is 15.0 Å². The quantitative estimate of drug-likeness (QED) is 0.744. The van der Waals surface area contributed by atoms with E-state index in [4.69, 9.17) is 4.74 Å². The molecule has 164 valence electrons. The van der Waals surface area contributed by atoms with Crippen LogP contribution in [0.15, 0.2) is 12.1 Å². The van der Waals surface area contributed by atoms with Gasteiger partial charge in [0, 0.05) is 24.7 Å². The maximum Gasteiger partial charge on any atom is 0.311 e. The molecule has 1 saturated carbocycles. The lowest BCUT2D eigenvalue weighted by Gasteiger charge is -2.39. The molecule has 1 N–H and O–H groups in total. The molecule has 3 rings (SSSR count). The summed E-state index contributed by atoms with van der Waals surface area (Å²) in [4.78, 5) is 39.3. The minimum absolute atomic E-state index is 0.0262. The van der Waals surface area contributed by atoms with Crippen LogP contribution in [-0.2, 0) is 19.1 Å². The zero-order valence-corrected chi connectivity index (χ0v) is 18.8. The molecule has 0 spiro atoms. The van der Waals surface area contributed by atoms with Crippen LogP contribution in [-0.4, -0.2) is 41.9 Å². The SMILES string of the molecule is Cc1cc(C)c(NC(=O)COC(=O)[C@H]2CC(=O)N([C@H]3CCC[C@H](C)[C@@H]3C)C2)c(C)c1. The summed E-state index contributed by atoms with van der Waals surface area (Å²) in [6, 6.07) is 4.20. The first kappa shape index (κ1) is 22.3. The molecule has 0 unspecified atom stereocenters. The van der Waals surface area contributed by atoms with Crippen LogP contribution >= 0.6 is 0 Å². The van der Waals surface area contributed by atoms with Gasteiger partial charge in [0.15, 0.2) is 6.61 Å². The van der Waals surface area contributed by atoms with Gasteiger partial charge in [-0.2, -0.15) is 0 Å². The van der Waals surface area contributed by atoms with Crippen molar-refractivity contribution < 1.29 is 19.1 Å². The number of carbonyl (C=O) groups is 3. The molecule has 1 saturated heterocycles. The van der Waals surface area contributed by atoms with Crippen molar-refractivity contribution in [3.05, 3.63) is 28.8 Å². The first-order valence-corrected chi connectivity index (χ1v) is 11.0. The Morgan fingerprint density at radius 3 is 2.47 bits per heavy atom. The van der Waals surface area contributed by atoms with Gasteiger partial charge in [-0.25, -0.2) is 0 Å². The van der Waals surface area contributed by atoms with E-state index < -0.39 is 11.9 Å². The fraction of sp³-hybridized carbons (Fsp3) is 0.625. The predicted octanol–water partition coefficient (Wildman–Crippen LogP) is 3.77. The topological polar surface area (TPSA) is 75.7 Å². The van der Waals surface area contributed by atoms with Gasteiger partial charge in [-0.05, 0) is 50.2 Å². The fourth-order valence-electron chi connectivity index (χ4n) is 5.01. The smallest absolute Gasteiger partial charge is 0.311 e. The van der Waals surface area contributed by atoms with E-state index in [2.05, 4.69) is 19.2 Å². The van der Waals surface area contributed by atoms with Crippen molar-refractivity contribution in [3.8, 4) is 0 Å². The Labute approximate surface area is 179 Å². The first-order valence-electron chi connectivity index (χ1n) is 11.0. The van der Waals surface area contributed by atoms with Crippen LogP contribution in [0.25, 0.3) is 0 Å². The van der Waals surface area contributed by atoms with Crippen molar-refractivity contribution in [1.82, 2.24) is 4.90 Å². The molecule has 0 radical (unpaired) electrons. The number of esters is 1. The van der Waals surface area contributed by atoms with Crippen molar-refractivity contribution >= 4 is 23.5 Å². The summed E-state index contributed by atoms with van der Waals surface area (Å²) in [5.41, 5.74) is 3.83. The van der Waals surface area contributed by atoms with Crippen molar-refractivity contribution in [2.75, 3.05) is 18.5 Å².